The molecule has 0 heterocycles. The zero-order valence-corrected chi connectivity index (χ0v) is 5.10. The standard InChI is InChI=1S/C2H5N3S2.Na.H/c3-1(6)5-2(4)7;;/h(H5,3,4,5,6,7);;. The molecule has 0 fully saturated rings. The van der Waals surface area contributed by atoms with Crippen molar-refractivity contribution in [1.82, 2.24) is 5.32 Å². The zero-order chi connectivity index (χ0) is 5.86. The van der Waals surface area contributed by atoms with Crippen LogP contribution in [0.15, 0.2) is 0 Å². The molecule has 0 rings (SSSR count). The van der Waals surface area contributed by atoms with Gasteiger partial charge in [-0.3, -0.25) is 0 Å². The second-order valence-corrected chi connectivity index (χ2v) is 1.73. The van der Waals surface area contributed by atoms with Crippen LogP contribution in [0.3, 0.4) is 0 Å². The van der Waals surface area contributed by atoms with Crippen molar-refractivity contribution < 1.29 is 0 Å². The minimum absolute atomic E-state index is 0. The molecule has 0 amide bonds. The first-order valence-electron chi connectivity index (χ1n) is 1.49. The van der Waals surface area contributed by atoms with Gasteiger partial charge in [-0.25, -0.2) is 0 Å². The van der Waals surface area contributed by atoms with Gasteiger partial charge in [-0.15, -0.1) is 0 Å². The number of rotatable bonds is 0. The summed E-state index contributed by atoms with van der Waals surface area (Å²) in [6.45, 7) is 0. The van der Waals surface area contributed by atoms with E-state index in [9.17, 15) is 0 Å². The first-order valence-corrected chi connectivity index (χ1v) is 2.30. The molecule has 3 nitrogen and oxygen atoms in total. The molecule has 0 bridgehead atoms. The summed E-state index contributed by atoms with van der Waals surface area (Å²) in [4.78, 5) is 0. The predicted octanol–water partition coefficient (Wildman–Crippen LogP) is -1.59. The Morgan fingerprint density at radius 3 is 1.38 bits per heavy atom. The fraction of sp³-hybridized carbons (Fsp3) is 0. The number of nitrogens with two attached hydrogens (primary N) is 2. The molecule has 0 radical (unpaired) electrons. The molecule has 0 spiro atoms. The summed E-state index contributed by atoms with van der Waals surface area (Å²) in [5.74, 6) is 0. The molecule has 0 aromatic heterocycles. The summed E-state index contributed by atoms with van der Waals surface area (Å²) in [5.41, 5.74) is 9.89. The number of hydrogen-bond donors (Lipinski definition) is 3. The van der Waals surface area contributed by atoms with Gasteiger partial charge >= 0.3 is 29.6 Å². The van der Waals surface area contributed by atoms with Crippen LogP contribution in [0.5, 0.6) is 0 Å². The van der Waals surface area contributed by atoms with Crippen molar-refractivity contribution in [3.05, 3.63) is 0 Å². The van der Waals surface area contributed by atoms with Crippen LogP contribution < -0.4 is 16.8 Å². The van der Waals surface area contributed by atoms with E-state index in [1.54, 1.807) is 0 Å². The van der Waals surface area contributed by atoms with E-state index in [4.69, 9.17) is 11.5 Å². The van der Waals surface area contributed by atoms with Crippen molar-refractivity contribution in [3.63, 3.8) is 0 Å². The summed E-state index contributed by atoms with van der Waals surface area (Å²) in [5, 5.41) is 2.53. The summed E-state index contributed by atoms with van der Waals surface area (Å²) < 4.78 is 0. The second kappa shape index (κ2) is 5.71. The third-order valence-corrected chi connectivity index (χ3v) is 0.451. The van der Waals surface area contributed by atoms with Gasteiger partial charge in [0.1, 0.15) is 0 Å². The molecule has 0 unspecified atom stereocenters. The molecule has 0 aliphatic carbocycles. The molecule has 0 aliphatic heterocycles. The van der Waals surface area contributed by atoms with E-state index in [-0.39, 0.29) is 39.8 Å². The summed E-state index contributed by atoms with van der Waals surface area (Å²) >= 11 is 8.74. The molecule has 0 saturated heterocycles. The molecule has 0 aliphatic rings. The van der Waals surface area contributed by atoms with E-state index < -0.39 is 0 Å². The average Bonchev–Trinajstić information content (AvgIpc) is 1.27. The van der Waals surface area contributed by atoms with Crippen molar-refractivity contribution in [1.29, 1.82) is 0 Å². The van der Waals surface area contributed by atoms with Crippen molar-refractivity contribution in [2.24, 2.45) is 11.5 Å². The van der Waals surface area contributed by atoms with Crippen molar-refractivity contribution in [2.45, 2.75) is 0 Å². The first-order chi connectivity index (χ1) is 3.13. The van der Waals surface area contributed by atoms with E-state index in [1.807, 2.05) is 0 Å². The van der Waals surface area contributed by atoms with Gasteiger partial charge in [0.25, 0.3) is 0 Å². The Morgan fingerprint density at radius 1 is 1.12 bits per heavy atom. The Kier molecular flexibility index (Phi) is 8.13. The van der Waals surface area contributed by atoms with Crippen LogP contribution in [-0.4, -0.2) is 39.8 Å². The van der Waals surface area contributed by atoms with Gasteiger partial charge in [0.05, 0.1) is 0 Å². The van der Waals surface area contributed by atoms with Gasteiger partial charge < -0.3 is 16.8 Å². The maximum atomic E-state index is 4.95. The van der Waals surface area contributed by atoms with Crippen LogP contribution in [-0.2, 0) is 0 Å². The van der Waals surface area contributed by atoms with Gasteiger partial charge in [-0.05, 0) is 24.4 Å². The molecule has 0 aromatic rings. The van der Waals surface area contributed by atoms with E-state index in [0.29, 0.717) is 0 Å². The van der Waals surface area contributed by atoms with Crippen LogP contribution in [0, 0.1) is 0 Å². The van der Waals surface area contributed by atoms with Gasteiger partial charge in [-0.2, -0.15) is 0 Å². The van der Waals surface area contributed by atoms with Gasteiger partial charge in [0.2, 0.25) is 0 Å². The van der Waals surface area contributed by atoms with E-state index in [1.165, 1.54) is 0 Å². The SMILES string of the molecule is NC(=S)NC(N)=S.[NaH]. The number of nitrogens with one attached hydrogen (secondary N) is 1. The molecule has 8 heavy (non-hydrogen) atoms. The predicted molar refractivity (Wildman–Crippen MR) is 43.9 cm³/mol. The molecule has 42 valence electrons. The van der Waals surface area contributed by atoms with Crippen molar-refractivity contribution in [3.8, 4) is 0 Å². The Morgan fingerprint density at radius 2 is 1.38 bits per heavy atom. The van der Waals surface area contributed by atoms with E-state index in [2.05, 4.69) is 29.8 Å². The molecule has 6 heteroatoms. The normalized spacial score (nSPS) is 6.50. The van der Waals surface area contributed by atoms with Gasteiger partial charge in [-0.1, -0.05) is 0 Å². The molecule has 0 aromatic carbocycles. The summed E-state index contributed by atoms with van der Waals surface area (Å²) in [6, 6.07) is 0. The minimum atomic E-state index is 0. The Hall–Kier alpha value is 0.580. The fourth-order valence-electron chi connectivity index (χ4n) is 0.121. The molecule has 0 atom stereocenters. The maximum absolute atomic E-state index is 4.95. The average molecular weight is 159 g/mol. The second-order valence-electron chi connectivity index (χ2n) is 0.854. The monoisotopic (exact) mass is 159 g/mol. The van der Waals surface area contributed by atoms with E-state index >= 15 is 0 Å². The van der Waals surface area contributed by atoms with Crippen molar-refractivity contribution >= 4 is 64.2 Å². The number of thiocarbonyl (C=S) groups is 2. The quantitative estimate of drug-likeness (QED) is 0.294. The zero-order valence-electron chi connectivity index (χ0n) is 3.47. The molecular weight excluding hydrogens is 153 g/mol. The molecular formula is C2H6N3NaS2. The van der Waals surface area contributed by atoms with Crippen LogP contribution in [0.2, 0.25) is 0 Å². The topological polar surface area (TPSA) is 64.1 Å². The van der Waals surface area contributed by atoms with Crippen molar-refractivity contribution in [2.75, 3.05) is 0 Å². The van der Waals surface area contributed by atoms with Crippen LogP contribution >= 0.6 is 24.4 Å². The fourth-order valence-corrected chi connectivity index (χ4v) is 0.406. The Labute approximate surface area is 80.5 Å². The number of hydrogen-bond acceptors (Lipinski definition) is 2. The van der Waals surface area contributed by atoms with Gasteiger partial charge in [0, 0.05) is 0 Å². The summed E-state index contributed by atoms with van der Waals surface area (Å²) in [6.07, 6.45) is 0. The van der Waals surface area contributed by atoms with Crippen LogP contribution in [0.25, 0.3) is 0 Å². The first kappa shape index (κ1) is 11.4. The third-order valence-electron chi connectivity index (χ3n) is 0.246. The van der Waals surface area contributed by atoms with E-state index in [0.717, 1.165) is 0 Å². The molecule has 5 N–H and O–H groups in total. The molecule has 0 saturated carbocycles. The van der Waals surface area contributed by atoms with Crippen LogP contribution in [0.4, 0.5) is 0 Å². The van der Waals surface area contributed by atoms with Gasteiger partial charge in [0.15, 0.2) is 10.2 Å². The Balaban J connectivity index is 0. The summed E-state index contributed by atoms with van der Waals surface area (Å²) in [7, 11) is 0. The third kappa shape index (κ3) is 9.77. The van der Waals surface area contributed by atoms with Crippen LogP contribution in [0.1, 0.15) is 0 Å². The Bertz CT molecular complexity index is 91.5.